The summed E-state index contributed by atoms with van der Waals surface area (Å²) >= 11 is 1.55. The molecule has 10 heavy (non-hydrogen) atoms. The van der Waals surface area contributed by atoms with Crippen molar-refractivity contribution in [3.05, 3.63) is 0 Å². The molecule has 0 amide bonds. The van der Waals surface area contributed by atoms with Gasteiger partial charge in [-0.3, -0.25) is 0 Å². The molecule has 0 saturated heterocycles. The van der Waals surface area contributed by atoms with Crippen molar-refractivity contribution >= 4 is 22.5 Å². The third kappa shape index (κ3) is 4.59. The summed E-state index contributed by atoms with van der Waals surface area (Å²) in [4.78, 5) is 2.09. The Bertz CT molecular complexity index is 55.7. The quantitative estimate of drug-likeness (QED) is 0.623. The van der Waals surface area contributed by atoms with E-state index in [0.717, 1.165) is 5.92 Å². The first-order valence-corrected chi connectivity index (χ1v) is 7.29. The van der Waals surface area contributed by atoms with Crippen LogP contribution in [0.3, 0.4) is 0 Å². The molecule has 1 heteroatoms. The summed E-state index contributed by atoms with van der Waals surface area (Å²) in [7, 11) is 0. The van der Waals surface area contributed by atoms with Crippen LogP contribution < -0.4 is 0 Å². The molecule has 0 bridgehead atoms. The molecule has 1 aliphatic carbocycles. The predicted octanol–water partition coefficient (Wildman–Crippen LogP) is 3.18. The van der Waals surface area contributed by atoms with Crippen LogP contribution in [-0.4, -0.2) is 22.5 Å². The van der Waals surface area contributed by atoms with E-state index in [2.05, 4.69) is 11.9 Å². The Morgan fingerprint density at radius 1 is 1.10 bits per heavy atom. The van der Waals surface area contributed by atoms with Gasteiger partial charge in [-0.1, -0.05) is 45.4 Å². The zero-order chi connectivity index (χ0) is 7.82. The van der Waals surface area contributed by atoms with Gasteiger partial charge in [-0.05, 0) is 5.92 Å². The molecule has 1 rings (SSSR count). The van der Waals surface area contributed by atoms with Gasteiger partial charge < -0.3 is 0 Å². The number of hydrogen-bond donors (Lipinski definition) is 0. The van der Waals surface area contributed by atoms with Crippen molar-refractivity contribution in [1.29, 1.82) is 0 Å². The predicted molar refractivity (Wildman–Crippen MR) is 48.5 cm³/mol. The van der Waals surface area contributed by atoms with Crippen molar-refractivity contribution in [2.45, 2.75) is 50.4 Å². The van der Waals surface area contributed by atoms with Crippen LogP contribution in [0.15, 0.2) is 0 Å². The molecule has 0 heterocycles. The van der Waals surface area contributed by atoms with E-state index in [1.165, 1.54) is 38.5 Å². The van der Waals surface area contributed by atoms with Crippen molar-refractivity contribution in [3.8, 4) is 0 Å². The van der Waals surface area contributed by atoms with E-state index in [1.807, 2.05) is 0 Å². The van der Waals surface area contributed by atoms with Crippen LogP contribution in [0, 0.1) is 5.92 Å². The Morgan fingerprint density at radius 3 is 1.90 bits per heavy atom. The molecule has 0 nitrogen and oxygen atoms in total. The van der Waals surface area contributed by atoms with Crippen LogP contribution in [0.2, 0.25) is 4.94 Å². The molecule has 0 spiro atoms. The van der Waals surface area contributed by atoms with Crippen molar-refractivity contribution in [2.75, 3.05) is 0 Å². The molecule has 59 valence electrons. The average molecular weight is 246 g/mol. The number of hydrogen-bond acceptors (Lipinski definition) is 0. The SMILES string of the molecule is CCC1CCCCC1.[CH3][Sn]. The van der Waals surface area contributed by atoms with Crippen LogP contribution in [0.1, 0.15) is 45.4 Å². The molecule has 0 aliphatic heterocycles. The first-order chi connectivity index (χ1) is 4.93. The molecular formula is C9H19Sn. The fourth-order valence-corrected chi connectivity index (χ4v) is 1.60. The van der Waals surface area contributed by atoms with Crippen molar-refractivity contribution in [2.24, 2.45) is 5.92 Å². The Hall–Kier alpha value is 0.799. The molecule has 0 aromatic rings. The maximum absolute atomic E-state index is 2.32. The molecule has 0 unspecified atom stereocenters. The average Bonchev–Trinajstić information content (AvgIpc) is 2.10. The summed E-state index contributed by atoms with van der Waals surface area (Å²) < 4.78 is 0. The fourth-order valence-electron chi connectivity index (χ4n) is 1.60. The van der Waals surface area contributed by atoms with Gasteiger partial charge in [0.05, 0.1) is 0 Å². The van der Waals surface area contributed by atoms with Crippen molar-refractivity contribution in [3.63, 3.8) is 0 Å². The molecular weight excluding hydrogens is 227 g/mol. The zero-order valence-electron chi connectivity index (χ0n) is 7.32. The van der Waals surface area contributed by atoms with E-state index in [1.54, 1.807) is 22.5 Å². The topological polar surface area (TPSA) is 0 Å². The van der Waals surface area contributed by atoms with Gasteiger partial charge in [0.15, 0.2) is 0 Å². The molecule has 1 fully saturated rings. The van der Waals surface area contributed by atoms with Crippen molar-refractivity contribution < 1.29 is 0 Å². The summed E-state index contributed by atoms with van der Waals surface area (Å²) in [5.74, 6) is 1.09. The van der Waals surface area contributed by atoms with E-state index in [9.17, 15) is 0 Å². The van der Waals surface area contributed by atoms with E-state index in [0.29, 0.717) is 0 Å². The molecule has 0 aromatic heterocycles. The van der Waals surface area contributed by atoms with Gasteiger partial charge in [0, 0.05) is 0 Å². The second-order valence-corrected chi connectivity index (χ2v) is 2.91. The van der Waals surface area contributed by atoms with E-state index in [4.69, 9.17) is 0 Å². The fraction of sp³-hybridized carbons (Fsp3) is 1.00. The monoisotopic (exact) mass is 247 g/mol. The van der Waals surface area contributed by atoms with Crippen LogP contribution in [0.5, 0.6) is 0 Å². The van der Waals surface area contributed by atoms with Crippen LogP contribution in [0.4, 0.5) is 0 Å². The first-order valence-electron chi connectivity index (χ1n) is 4.43. The summed E-state index contributed by atoms with van der Waals surface area (Å²) in [6.07, 6.45) is 8.93. The maximum atomic E-state index is 2.32. The third-order valence-electron chi connectivity index (χ3n) is 2.30. The van der Waals surface area contributed by atoms with Gasteiger partial charge in [-0.2, -0.15) is 0 Å². The second-order valence-electron chi connectivity index (χ2n) is 2.91. The molecule has 0 N–H and O–H groups in total. The van der Waals surface area contributed by atoms with Gasteiger partial charge in [0.2, 0.25) is 0 Å². The Labute approximate surface area is 78.9 Å². The molecule has 3 radical (unpaired) electrons. The molecule has 1 aliphatic rings. The van der Waals surface area contributed by atoms with Gasteiger partial charge >= 0.3 is 27.5 Å². The van der Waals surface area contributed by atoms with Gasteiger partial charge in [0.1, 0.15) is 0 Å². The minimum absolute atomic E-state index is 1.09. The Kier molecular flexibility index (Phi) is 8.53. The Balaban J connectivity index is 0.000000371. The molecule has 0 atom stereocenters. The van der Waals surface area contributed by atoms with Crippen LogP contribution >= 0.6 is 0 Å². The normalized spacial score (nSPS) is 19.5. The molecule has 0 aromatic carbocycles. The van der Waals surface area contributed by atoms with E-state index >= 15 is 0 Å². The zero-order valence-corrected chi connectivity index (χ0v) is 10.2. The minimum atomic E-state index is 1.09. The second kappa shape index (κ2) is 7.90. The summed E-state index contributed by atoms with van der Waals surface area (Å²) in [6, 6.07) is 0. The summed E-state index contributed by atoms with van der Waals surface area (Å²) in [6.45, 7) is 2.32. The van der Waals surface area contributed by atoms with Crippen LogP contribution in [0.25, 0.3) is 0 Å². The third-order valence-corrected chi connectivity index (χ3v) is 2.30. The van der Waals surface area contributed by atoms with Gasteiger partial charge in [-0.15, -0.1) is 0 Å². The molecule has 1 saturated carbocycles. The van der Waals surface area contributed by atoms with Gasteiger partial charge in [0.25, 0.3) is 0 Å². The first kappa shape index (κ1) is 10.8. The van der Waals surface area contributed by atoms with Crippen LogP contribution in [-0.2, 0) is 0 Å². The Morgan fingerprint density at radius 2 is 1.60 bits per heavy atom. The summed E-state index contributed by atoms with van der Waals surface area (Å²) in [5.41, 5.74) is 0. The standard InChI is InChI=1S/C8H16.CH3.Sn/c1-2-8-6-4-3-5-7-8;;/h8H,2-7H2,1H3;1H3;. The number of rotatable bonds is 1. The van der Waals surface area contributed by atoms with E-state index < -0.39 is 0 Å². The summed E-state index contributed by atoms with van der Waals surface area (Å²) in [5, 5.41) is 0. The van der Waals surface area contributed by atoms with Gasteiger partial charge in [-0.25, -0.2) is 0 Å². The van der Waals surface area contributed by atoms with E-state index in [-0.39, 0.29) is 0 Å². The van der Waals surface area contributed by atoms with Crippen molar-refractivity contribution in [1.82, 2.24) is 0 Å².